The van der Waals surface area contributed by atoms with E-state index in [0.29, 0.717) is 0 Å². The molecule has 156 valence electrons. The molecule has 3 rings (SSSR count). The molecule has 0 amide bonds. The van der Waals surface area contributed by atoms with Gasteiger partial charge in [-0.1, -0.05) is 19.9 Å². The minimum atomic E-state index is -0.929. The largest absolute Gasteiger partial charge is 0.497 e. The van der Waals surface area contributed by atoms with Crippen molar-refractivity contribution in [1.82, 2.24) is 0 Å². The van der Waals surface area contributed by atoms with Crippen molar-refractivity contribution in [3.8, 4) is 0 Å². The van der Waals surface area contributed by atoms with Gasteiger partial charge in [0.1, 0.15) is 11.6 Å². The molecule has 2 fully saturated rings. The van der Waals surface area contributed by atoms with Crippen LogP contribution >= 0.6 is 0 Å². The summed E-state index contributed by atoms with van der Waals surface area (Å²) in [6, 6.07) is 2.22. The Balaban J connectivity index is 0.00000136. The van der Waals surface area contributed by atoms with E-state index in [0.717, 1.165) is 6.07 Å². The summed E-state index contributed by atoms with van der Waals surface area (Å²) in [6.45, 7) is 19.0. The standard InChI is InChI=1S/C18H26B2F2O4.C2H6/c1-15(2)16(3,4)24-19(23-15)11-9-12(14(22)10-13(11)21)20-25-17(5,6)18(7,8)26-20;1-2/h9-10H,1-8H3;1-2H3. The van der Waals surface area contributed by atoms with Gasteiger partial charge >= 0.3 is 14.2 Å². The maximum atomic E-state index is 14.5. The average molecular weight is 396 g/mol. The molecule has 1 aromatic carbocycles. The van der Waals surface area contributed by atoms with Gasteiger partial charge < -0.3 is 18.6 Å². The molecule has 28 heavy (non-hydrogen) atoms. The smallest absolute Gasteiger partial charge is 0.399 e. The van der Waals surface area contributed by atoms with Crippen LogP contribution in [0.4, 0.5) is 8.78 Å². The Morgan fingerprint density at radius 3 is 1.07 bits per heavy atom. The van der Waals surface area contributed by atoms with Gasteiger partial charge in [-0.25, -0.2) is 8.78 Å². The van der Waals surface area contributed by atoms with Crippen molar-refractivity contribution < 1.29 is 27.4 Å². The lowest BCUT2D eigenvalue weighted by Crippen LogP contribution is -2.44. The number of hydrogen-bond acceptors (Lipinski definition) is 4. The molecule has 2 aliphatic rings. The van der Waals surface area contributed by atoms with Crippen molar-refractivity contribution in [1.29, 1.82) is 0 Å². The molecule has 0 aliphatic carbocycles. The fourth-order valence-corrected chi connectivity index (χ4v) is 2.88. The third-order valence-electron chi connectivity index (χ3n) is 6.13. The quantitative estimate of drug-likeness (QED) is 0.717. The monoisotopic (exact) mass is 396 g/mol. The third-order valence-corrected chi connectivity index (χ3v) is 6.13. The van der Waals surface area contributed by atoms with Crippen LogP contribution in [-0.2, 0) is 18.6 Å². The maximum absolute atomic E-state index is 14.5. The number of rotatable bonds is 2. The molecule has 4 nitrogen and oxygen atoms in total. The van der Waals surface area contributed by atoms with E-state index >= 15 is 0 Å². The minimum absolute atomic E-state index is 0.134. The fraction of sp³-hybridized carbons (Fsp3) is 0.700. The lowest BCUT2D eigenvalue weighted by atomic mass is 9.71. The van der Waals surface area contributed by atoms with Crippen molar-refractivity contribution in [3.05, 3.63) is 23.8 Å². The Morgan fingerprint density at radius 2 is 0.821 bits per heavy atom. The highest BCUT2D eigenvalue weighted by atomic mass is 19.1. The van der Waals surface area contributed by atoms with E-state index in [4.69, 9.17) is 18.6 Å². The summed E-state index contributed by atoms with van der Waals surface area (Å²) in [6.07, 6.45) is 0. The average Bonchev–Trinajstić information content (AvgIpc) is 2.88. The Hall–Kier alpha value is -0.950. The zero-order valence-corrected chi connectivity index (χ0v) is 18.7. The van der Waals surface area contributed by atoms with Gasteiger partial charge in [-0.15, -0.1) is 0 Å². The Bertz CT molecular complexity index is 646. The SMILES string of the molecule is CC.CC1(C)OB(c2cc(B3OC(C)(C)C(C)(C)O3)c(F)cc2F)OC1(C)C. The third kappa shape index (κ3) is 3.89. The van der Waals surface area contributed by atoms with Crippen LogP contribution in [0.5, 0.6) is 0 Å². The topological polar surface area (TPSA) is 36.9 Å². The zero-order chi connectivity index (χ0) is 21.7. The van der Waals surface area contributed by atoms with Crippen molar-refractivity contribution >= 4 is 25.2 Å². The van der Waals surface area contributed by atoms with E-state index in [1.807, 2.05) is 69.2 Å². The van der Waals surface area contributed by atoms with Crippen LogP contribution in [0.3, 0.4) is 0 Å². The highest BCUT2D eigenvalue weighted by Crippen LogP contribution is 2.38. The maximum Gasteiger partial charge on any atom is 0.497 e. The molecule has 0 bridgehead atoms. The van der Waals surface area contributed by atoms with Gasteiger partial charge in [0, 0.05) is 17.0 Å². The molecule has 0 aromatic heterocycles. The van der Waals surface area contributed by atoms with Crippen molar-refractivity contribution in [2.45, 2.75) is 91.6 Å². The Morgan fingerprint density at radius 1 is 0.571 bits per heavy atom. The summed E-state index contributed by atoms with van der Waals surface area (Å²) >= 11 is 0. The van der Waals surface area contributed by atoms with E-state index in [9.17, 15) is 8.78 Å². The van der Waals surface area contributed by atoms with E-state index < -0.39 is 48.3 Å². The van der Waals surface area contributed by atoms with E-state index in [2.05, 4.69) is 0 Å². The van der Waals surface area contributed by atoms with Crippen LogP contribution in [0.15, 0.2) is 12.1 Å². The summed E-state index contributed by atoms with van der Waals surface area (Å²) in [4.78, 5) is 0. The van der Waals surface area contributed by atoms with Gasteiger partial charge in [-0.2, -0.15) is 0 Å². The normalized spacial score (nSPS) is 24.1. The van der Waals surface area contributed by atoms with Crippen LogP contribution in [0, 0.1) is 11.6 Å². The second-order valence-electron chi connectivity index (χ2n) is 9.07. The summed E-state index contributed by atoms with van der Waals surface area (Å²) in [5.74, 6) is -1.44. The molecule has 8 heteroatoms. The first-order valence-electron chi connectivity index (χ1n) is 9.87. The zero-order valence-electron chi connectivity index (χ0n) is 18.7. The summed E-state index contributed by atoms with van der Waals surface area (Å²) < 4.78 is 52.6. The number of hydrogen-bond donors (Lipinski definition) is 0. The lowest BCUT2D eigenvalue weighted by Gasteiger charge is -2.32. The molecule has 0 atom stereocenters. The van der Waals surface area contributed by atoms with Gasteiger partial charge in [0.25, 0.3) is 0 Å². The van der Waals surface area contributed by atoms with Crippen LogP contribution in [0.2, 0.25) is 0 Å². The van der Waals surface area contributed by atoms with Gasteiger partial charge in [0.2, 0.25) is 0 Å². The lowest BCUT2D eigenvalue weighted by molar-refractivity contribution is 0.00578. The molecule has 0 saturated carbocycles. The summed E-state index contributed by atoms with van der Waals surface area (Å²) in [7, 11) is -1.86. The molecule has 0 unspecified atom stereocenters. The second-order valence-corrected chi connectivity index (χ2v) is 9.07. The fourth-order valence-electron chi connectivity index (χ4n) is 2.88. The Kier molecular flexibility index (Phi) is 6.15. The van der Waals surface area contributed by atoms with Gasteiger partial charge in [-0.05, 0) is 55.4 Å². The van der Waals surface area contributed by atoms with E-state index in [-0.39, 0.29) is 10.9 Å². The molecule has 2 aliphatic heterocycles. The summed E-state index contributed by atoms with van der Waals surface area (Å²) in [5, 5.41) is 0. The number of benzene rings is 1. The highest BCUT2D eigenvalue weighted by Gasteiger charge is 2.55. The molecular formula is C20H32B2F2O4. The van der Waals surface area contributed by atoms with Gasteiger partial charge in [-0.3, -0.25) is 0 Å². The summed E-state index contributed by atoms with van der Waals surface area (Å²) in [5.41, 5.74) is -2.22. The van der Waals surface area contributed by atoms with Crippen LogP contribution in [0.1, 0.15) is 69.2 Å². The predicted molar refractivity (Wildman–Crippen MR) is 109 cm³/mol. The van der Waals surface area contributed by atoms with E-state index in [1.54, 1.807) is 0 Å². The van der Waals surface area contributed by atoms with Gasteiger partial charge in [0.15, 0.2) is 0 Å². The van der Waals surface area contributed by atoms with Crippen LogP contribution in [-0.4, -0.2) is 36.6 Å². The molecule has 1 aromatic rings. The molecule has 2 heterocycles. The molecule has 2 saturated heterocycles. The molecule has 0 N–H and O–H groups in total. The molecular weight excluding hydrogens is 364 g/mol. The molecule has 0 radical (unpaired) electrons. The first kappa shape index (κ1) is 23.3. The van der Waals surface area contributed by atoms with Crippen LogP contribution in [0.25, 0.3) is 0 Å². The van der Waals surface area contributed by atoms with Crippen molar-refractivity contribution in [2.75, 3.05) is 0 Å². The first-order chi connectivity index (χ1) is 12.7. The van der Waals surface area contributed by atoms with Crippen molar-refractivity contribution in [2.24, 2.45) is 0 Å². The van der Waals surface area contributed by atoms with E-state index in [1.165, 1.54) is 6.07 Å². The van der Waals surface area contributed by atoms with Gasteiger partial charge in [0.05, 0.1) is 22.4 Å². The van der Waals surface area contributed by atoms with Crippen molar-refractivity contribution in [3.63, 3.8) is 0 Å². The molecule has 0 spiro atoms. The van der Waals surface area contributed by atoms with Crippen LogP contribution < -0.4 is 10.9 Å². The highest BCUT2D eigenvalue weighted by molar-refractivity contribution is 6.66. The number of halogens is 2. The first-order valence-corrected chi connectivity index (χ1v) is 9.87. The second kappa shape index (κ2) is 7.38. The Labute approximate surface area is 168 Å². The predicted octanol–water partition coefficient (Wildman–Crippen LogP) is 3.59. The minimum Gasteiger partial charge on any atom is -0.399 e.